The molecule has 1 atom stereocenters. The predicted molar refractivity (Wildman–Crippen MR) is 63.9 cm³/mol. The van der Waals surface area contributed by atoms with Gasteiger partial charge in [-0.1, -0.05) is 17.7 Å². The number of morpholine rings is 1. The Balaban J connectivity index is 2.15. The molecule has 92 valence electrons. The van der Waals surface area contributed by atoms with E-state index in [2.05, 4.69) is 0 Å². The van der Waals surface area contributed by atoms with Gasteiger partial charge in [0, 0.05) is 12.1 Å². The van der Waals surface area contributed by atoms with E-state index in [1.165, 1.54) is 0 Å². The molecular weight excluding hydrogens is 218 g/mol. The maximum atomic E-state index is 12.2. The van der Waals surface area contributed by atoms with Crippen molar-refractivity contribution >= 4 is 5.91 Å². The zero-order valence-electron chi connectivity index (χ0n) is 9.93. The van der Waals surface area contributed by atoms with Crippen LogP contribution in [-0.2, 0) is 4.74 Å². The van der Waals surface area contributed by atoms with E-state index in [1.54, 1.807) is 4.90 Å². The van der Waals surface area contributed by atoms with Gasteiger partial charge in [0.2, 0.25) is 0 Å². The van der Waals surface area contributed by atoms with Crippen LogP contribution in [0.2, 0.25) is 0 Å². The molecule has 1 aliphatic heterocycles. The molecule has 4 heteroatoms. The van der Waals surface area contributed by atoms with Crippen LogP contribution < -0.4 is 0 Å². The third-order valence-electron chi connectivity index (χ3n) is 3.00. The van der Waals surface area contributed by atoms with Crippen molar-refractivity contribution in [2.75, 3.05) is 26.4 Å². The van der Waals surface area contributed by atoms with Gasteiger partial charge in [-0.2, -0.15) is 0 Å². The second kappa shape index (κ2) is 5.29. The Labute approximate surface area is 101 Å². The fourth-order valence-corrected chi connectivity index (χ4v) is 1.94. The van der Waals surface area contributed by atoms with Gasteiger partial charge in [-0.3, -0.25) is 4.79 Å². The number of aliphatic hydroxyl groups excluding tert-OH is 1. The van der Waals surface area contributed by atoms with Gasteiger partial charge < -0.3 is 14.7 Å². The highest BCUT2D eigenvalue weighted by Gasteiger charge is 2.27. The number of amides is 1. The van der Waals surface area contributed by atoms with Crippen LogP contribution in [0.25, 0.3) is 0 Å². The molecule has 4 nitrogen and oxygen atoms in total. The number of rotatable bonds is 2. The first-order chi connectivity index (χ1) is 8.22. The van der Waals surface area contributed by atoms with Crippen LogP contribution in [0.5, 0.6) is 0 Å². The largest absolute Gasteiger partial charge is 0.394 e. The molecule has 1 fully saturated rings. The van der Waals surface area contributed by atoms with Gasteiger partial charge in [-0.05, 0) is 19.1 Å². The Hall–Kier alpha value is -1.39. The molecular formula is C13H17NO3. The molecule has 0 radical (unpaired) electrons. The quantitative estimate of drug-likeness (QED) is 0.826. The lowest BCUT2D eigenvalue weighted by atomic mass is 10.1. The molecule has 1 aliphatic rings. The summed E-state index contributed by atoms with van der Waals surface area (Å²) in [5.74, 6) is -0.0349. The summed E-state index contributed by atoms with van der Waals surface area (Å²) in [5.41, 5.74) is 1.79. The SMILES string of the molecule is Cc1ccc(C(=O)N2CCOC[C@@H]2CO)cc1. The number of hydrogen-bond acceptors (Lipinski definition) is 3. The Morgan fingerprint density at radius 3 is 2.82 bits per heavy atom. The number of hydrogen-bond donors (Lipinski definition) is 1. The highest BCUT2D eigenvalue weighted by Crippen LogP contribution is 2.13. The third-order valence-corrected chi connectivity index (χ3v) is 3.00. The Morgan fingerprint density at radius 2 is 2.18 bits per heavy atom. The summed E-state index contributed by atoms with van der Waals surface area (Å²) >= 11 is 0. The van der Waals surface area contributed by atoms with Crippen LogP contribution in [0.3, 0.4) is 0 Å². The van der Waals surface area contributed by atoms with Crippen molar-refractivity contribution in [2.24, 2.45) is 0 Å². The first-order valence-corrected chi connectivity index (χ1v) is 5.78. The van der Waals surface area contributed by atoms with Gasteiger partial charge in [0.05, 0.1) is 25.9 Å². The minimum atomic E-state index is -0.224. The molecule has 2 rings (SSSR count). The fourth-order valence-electron chi connectivity index (χ4n) is 1.94. The van der Waals surface area contributed by atoms with Crippen molar-refractivity contribution in [3.63, 3.8) is 0 Å². The minimum absolute atomic E-state index is 0.0349. The normalized spacial score (nSPS) is 20.4. The third kappa shape index (κ3) is 2.65. The van der Waals surface area contributed by atoms with E-state index in [0.29, 0.717) is 25.3 Å². The summed E-state index contributed by atoms with van der Waals surface area (Å²) in [6, 6.07) is 7.25. The maximum Gasteiger partial charge on any atom is 0.254 e. The lowest BCUT2D eigenvalue weighted by molar-refractivity contribution is -0.0183. The number of ether oxygens (including phenoxy) is 1. The number of carbonyl (C=O) groups is 1. The van der Waals surface area contributed by atoms with Gasteiger partial charge in [0.25, 0.3) is 5.91 Å². The molecule has 0 bridgehead atoms. The van der Waals surface area contributed by atoms with Crippen LogP contribution in [0.4, 0.5) is 0 Å². The lowest BCUT2D eigenvalue weighted by Crippen LogP contribution is -2.50. The number of benzene rings is 1. The molecule has 0 spiro atoms. The zero-order chi connectivity index (χ0) is 12.3. The molecule has 0 aromatic heterocycles. The average molecular weight is 235 g/mol. The Kier molecular flexibility index (Phi) is 3.76. The minimum Gasteiger partial charge on any atom is -0.394 e. The number of nitrogens with zero attached hydrogens (tertiary/aromatic N) is 1. The predicted octanol–water partition coefficient (Wildman–Crippen LogP) is 0.828. The topological polar surface area (TPSA) is 49.8 Å². The summed E-state index contributed by atoms with van der Waals surface area (Å²) in [6.07, 6.45) is 0. The molecule has 0 unspecified atom stereocenters. The van der Waals surface area contributed by atoms with Gasteiger partial charge in [-0.25, -0.2) is 0 Å². The smallest absolute Gasteiger partial charge is 0.254 e. The van der Waals surface area contributed by atoms with Crippen LogP contribution >= 0.6 is 0 Å². The number of carbonyl (C=O) groups excluding carboxylic acids is 1. The first-order valence-electron chi connectivity index (χ1n) is 5.78. The molecule has 1 N–H and O–H groups in total. The monoisotopic (exact) mass is 235 g/mol. The molecule has 17 heavy (non-hydrogen) atoms. The summed E-state index contributed by atoms with van der Waals surface area (Å²) in [5, 5.41) is 9.23. The maximum absolute atomic E-state index is 12.2. The molecule has 1 saturated heterocycles. The van der Waals surface area contributed by atoms with Crippen molar-refractivity contribution in [2.45, 2.75) is 13.0 Å². The van der Waals surface area contributed by atoms with Crippen molar-refractivity contribution in [1.29, 1.82) is 0 Å². The van der Waals surface area contributed by atoms with Gasteiger partial charge in [0.1, 0.15) is 0 Å². The highest BCUT2D eigenvalue weighted by molar-refractivity contribution is 5.94. The van der Waals surface area contributed by atoms with Crippen LogP contribution in [0.1, 0.15) is 15.9 Å². The van der Waals surface area contributed by atoms with E-state index in [1.807, 2.05) is 31.2 Å². The van der Waals surface area contributed by atoms with Crippen molar-refractivity contribution in [3.8, 4) is 0 Å². The second-order valence-corrected chi connectivity index (χ2v) is 4.28. The number of aryl methyl sites for hydroxylation is 1. The molecule has 0 aliphatic carbocycles. The summed E-state index contributed by atoms with van der Waals surface area (Å²) in [7, 11) is 0. The Morgan fingerprint density at radius 1 is 1.47 bits per heavy atom. The standard InChI is InChI=1S/C13H17NO3/c1-10-2-4-11(5-3-10)13(16)14-6-7-17-9-12(14)8-15/h2-5,12,15H,6-9H2,1H3/t12-/m0/s1. The van der Waals surface area contributed by atoms with E-state index >= 15 is 0 Å². The molecule has 1 aromatic rings. The molecule has 0 saturated carbocycles. The van der Waals surface area contributed by atoms with Crippen molar-refractivity contribution in [1.82, 2.24) is 4.90 Å². The molecule has 1 amide bonds. The van der Waals surface area contributed by atoms with E-state index in [9.17, 15) is 9.90 Å². The fraction of sp³-hybridized carbons (Fsp3) is 0.462. The molecule has 1 aromatic carbocycles. The lowest BCUT2D eigenvalue weighted by Gasteiger charge is -2.34. The Bertz CT molecular complexity index is 388. The van der Waals surface area contributed by atoms with E-state index in [0.717, 1.165) is 5.56 Å². The van der Waals surface area contributed by atoms with E-state index in [4.69, 9.17) is 4.74 Å². The summed E-state index contributed by atoms with van der Waals surface area (Å²) in [4.78, 5) is 13.9. The van der Waals surface area contributed by atoms with Crippen LogP contribution in [0, 0.1) is 6.92 Å². The number of aliphatic hydroxyl groups is 1. The van der Waals surface area contributed by atoms with Gasteiger partial charge in [0.15, 0.2) is 0 Å². The van der Waals surface area contributed by atoms with Gasteiger partial charge >= 0.3 is 0 Å². The second-order valence-electron chi connectivity index (χ2n) is 4.28. The highest BCUT2D eigenvalue weighted by atomic mass is 16.5. The first kappa shape index (κ1) is 12.1. The molecule has 1 heterocycles. The van der Waals surface area contributed by atoms with Gasteiger partial charge in [-0.15, -0.1) is 0 Å². The van der Waals surface area contributed by atoms with Crippen molar-refractivity contribution < 1.29 is 14.6 Å². The zero-order valence-corrected chi connectivity index (χ0v) is 9.93. The van der Waals surface area contributed by atoms with Crippen molar-refractivity contribution in [3.05, 3.63) is 35.4 Å². The summed E-state index contributed by atoms with van der Waals surface area (Å²) in [6.45, 7) is 3.41. The van der Waals surface area contributed by atoms with E-state index in [-0.39, 0.29) is 18.6 Å². The van der Waals surface area contributed by atoms with Crippen LogP contribution in [0.15, 0.2) is 24.3 Å². The average Bonchev–Trinajstić information content (AvgIpc) is 2.39. The van der Waals surface area contributed by atoms with E-state index < -0.39 is 0 Å². The van der Waals surface area contributed by atoms with Crippen LogP contribution in [-0.4, -0.2) is 48.3 Å². The summed E-state index contributed by atoms with van der Waals surface area (Å²) < 4.78 is 5.25.